The fourth-order valence-electron chi connectivity index (χ4n) is 4.37. The SMILES string of the molecule is COc1cccc(O[C@H]2COc3c(OCc4ccc5cc(F)ccc5n4)cccc3[C@H]2OC(=O)CN(C)C)c1. The van der Waals surface area contributed by atoms with Gasteiger partial charge in [-0.2, -0.15) is 0 Å². The van der Waals surface area contributed by atoms with Gasteiger partial charge in [-0.05, 0) is 56.6 Å². The molecule has 0 N–H and O–H groups in total. The Hall–Kier alpha value is -4.37. The number of hydrogen-bond acceptors (Lipinski definition) is 8. The van der Waals surface area contributed by atoms with E-state index in [2.05, 4.69) is 4.98 Å². The Morgan fingerprint density at radius 3 is 2.69 bits per heavy atom. The number of carbonyl (C=O) groups excluding carboxylic acids is 1. The van der Waals surface area contributed by atoms with E-state index in [1.165, 1.54) is 12.1 Å². The van der Waals surface area contributed by atoms with E-state index in [-0.39, 0.29) is 31.5 Å². The van der Waals surface area contributed by atoms with E-state index in [1.54, 1.807) is 56.4 Å². The first-order valence-electron chi connectivity index (χ1n) is 12.5. The average molecular weight is 533 g/mol. The number of pyridine rings is 1. The predicted octanol–water partition coefficient (Wildman–Crippen LogP) is 4.95. The first kappa shape index (κ1) is 26.2. The van der Waals surface area contributed by atoms with Crippen molar-refractivity contribution in [2.45, 2.75) is 18.8 Å². The van der Waals surface area contributed by atoms with Gasteiger partial charge in [-0.1, -0.05) is 24.3 Å². The maximum atomic E-state index is 13.5. The van der Waals surface area contributed by atoms with Crippen LogP contribution >= 0.6 is 0 Å². The smallest absolute Gasteiger partial charge is 0.320 e. The number of nitrogens with zero attached hydrogens (tertiary/aromatic N) is 2. The Kier molecular flexibility index (Phi) is 7.79. The van der Waals surface area contributed by atoms with Crippen LogP contribution in [0.15, 0.2) is 72.8 Å². The summed E-state index contributed by atoms with van der Waals surface area (Å²) in [5, 5.41) is 0.712. The van der Waals surface area contributed by atoms with Crippen LogP contribution < -0.4 is 18.9 Å². The molecule has 0 bridgehead atoms. The molecule has 202 valence electrons. The Balaban J connectivity index is 1.39. The molecule has 1 aromatic heterocycles. The zero-order valence-electron chi connectivity index (χ0n) is 21.9. The van der Waals surface area contributed by atoms with Crippen molar-refractivity contribution in [3.8, 4) is 23.0 Å². The predicted molar refractivity (Wildman–Crippen MR) is 143 cm³/mol. The molecule has 39 heavy (non-hydrogen) atoms. The van der Waals surface area contributed by atoms with Gasteiger partial charge >= 0.3 is 5.97 Å². The van der Waals surface area contributed by atoms with Crippen LogP contribution in [0.5, 0.6) is 23.0 Å². The second kappa shape index (κ2) is 11.6. The largest absolute Gasteiger partial charge is 0.497 e. The number of methoxy groups -OCH3 is 1. The van der Waals surface area contributed by atoms with Crippen molar-refractivity contribution in [3.63, 3.8) is 0 Å². The third-order valence-electron chi connectivity index (χ3n) is 6.16. The van der Waals surface area contributed by atoms with Crippen molar-refractivity contribution in [2.24, 2.45) is 0 Å². The van der Waals surface area contributed by atoms with Crippen molar-refractivity contribution >= 4 is 16.9 Å². The van der Waals surface area contributed by atoms with Gasteiger partial charge in [0.25, 0.3) is 0 Å². The van der Waals surface area contributed by atoms with Crippen LogP contribution in [0, 0.1) is 5.82 Å². The van der Waals surface area contributed by atoms with Crippen LogP contribution in [-0.4, -0.2) is 56.3 Å². The third kappa shape index (κ3) is 6.21. The summed E-state index contributed by atoms with van der Waals surface area (Å²) in [4.78, 5) is 19.0. The molecular formula is C30H29FN2O6. The van der Waals surface area contributed by atoms with Crippen molar-refractivity contribution < 1.29 is 32.9 Å². The lowest BCUT2D eigenvalue weighted by molar-refractivity contribution is -0.157. The van der Waals surface area contributed by atoms with Gasteiger partial charge < -0.3 is 23.7 Å². The number of fused-ring (bicyclic) bond motifs is 2. The molecule has 0 unspecified atom stereocenters. The monoisotopic (exact) mass is 532 g/mol. The van der Waals surface area contributed by atoms with Gasteiger partial charge in [0.05, 0.1) is 24.9 Å². The minimum Gasteiger partial charge on any atom is -0.497 e. The highest BCUT2D eigenvalue weighted by Crippen LogP contribution is 2.42. The minimum absolute atomic E-state index is 0.117. The molecular weight excluding hydrogens is 503 g/mol. The van der Waals surface area contributed by atoms with E-state index in [4.69, 9.17) is 23.7 Å². The van der Waals surface area contributed by atoms with Gasteiger partial charge in [0.1, 0.15) is 30.5 Å². The second-order valence-electron chi connectivity index (χ2n) is 9.40. The lowest BCUT2D eigenvalue weighted by atomic mass is 10.00. The van der Waals surface area contributed by atoms with Gasteiger partial charge in [-0.3, -0.25) is 9.69 Å². The van der Waals surface area contributed by atoms with E-state index in [0.29, 0.717) is 45.2 Å². The third-order valence-corrected chi connectivity index (χ3v) is 6.16. The van der Waals surface area contributed by atoms with E-state index in [1.807, 2.05) is 30.3 Å². The summed E-state index contributed by atoms with van der Waals surface area (Å²) < 4.78 is 43.2. The number of benzene rings is 3. The maximum Gasteiger partial charge on any atom is 0.320 e. The maximum absolute atomic E-state index is 13.5. The number of aromatic nitrogens is 1. The van der Waals surface area contributed by atoms with Crippen molar-refractivity contribution in [1.29, 1.82) is 0 Å². The van der Waals surface area contributed by atoms with Gasteiger partial charge in [0, 0.05) is 17.0 Å². The van der Waals surface area contributed by atoms with Gasteiger partial charge in [0.15, 0.2) is 23.7 Å². The molecule has 0 aliphatic carbocycles. The molecule has 0 saturated carbocycles. The topological polar surface area (TPSA) is 79.4 Å². The molecule has 0 spiro atoms. The first-order chi connectivity index (χ1) is 18.9. The van der Waals surface area contributed by atoms with E-state index in [0.717, 1.165) is 0 Å². The molecule has 8 nitrogen and oxygen atoms in total. The summed E-state index contributed by atoms with van der Waals surface area (Å²) in [5.41, 5.74) is 1.99. The van der Waals surface area contributed by atoms with E-state index < -0.39 is 12.2 Å². The summed E-state index contributed by atoms with van der Waals surface area (Å²) in [6.07, 6.45) is -1.34. The molecule has 2 heterocycles. The molecule has 4 aromatic rings. The lowest BCUT2D eigenvalue weighted by Crippen LogP contribution is -2.39. The molecule has 0 radical (unpaired) electrons. The highest BCUT2D eigenvalue weighted by molar-refractivity contribution is 5.78. The zero-order valence-corrected chi connectivity index (χ0v) is 21.9. The summed E-state index contributed by atoms with van der Waals surface area (Å²) in [7, 11) is 5.18. The number of rotatable bonds is 9. The Bertz CT molecular complexity index is 1480. The number of ether oxygens (including phenoxy) is 5. The molecule has 5 rings (SSSR count). The highest BCUT2D eigenvalue weighted by atomic mass is 19.1. The number of para-hydroxylation sites is 1. The van der Waals surface area contributed by atoms with Crippen LogP contribution in [0.4, 0.5) is 4.39 Å². The summed E-state index contributed by atoms with van der Waals surface area (Å²) >= 11 is 0. The number of esters is 1. The zero-order chi connectivity index (χ0) is 27.4. The molecule has 0 amide bonds. The lowest BCUT2D eigenvalue weighted by Gasteiger charge is -2.34. The molecule has 0 fully saturated rings. The molecule has 1 aliphatic heterocycles. The summed E-state index contributed by atoms with van der Waals surface area (Å²) in [6.45, 7) is 0.415. The Morgan fingerprint density at radius 1 is 1.05 bits per heavy atom. The molecule has 3 aromatic carbocycles. The van der Waals surface area contributed by atoms with Crippen LogP contribution in [0.3, 0.4) is 0 Å². The standard InChI is InChI=1S/C30H29FN2O6/c1-33(2)16-28(34)39-30-24-8-5-9-26(36-17-21-12-10-19-14-20(31)11-13-25(19)32-21)29(24)37-18-27(30)38-23-7-4-6-22(15-23)35-3/h4-15,27,30H,16-18H2,1-3H3/t27-,30+/m0/s1. The van der Waals surface area contributed by atoms with E-state index in [9.17, 15) is 9.18 Å². The quantitative estimate of drug-likeness (QED) is 0.280. The average Bonchev–Trinajstić information content (AvgIpc) is 2.92. The van der Waals surface area contributed by atoms with Crippen LogP contribution in [0.1, 0.15) is 17.4 Å². The van der Waals surface area contributed by atoms with Crippen molar-refractivity contribution in [3.05, 3.63) is 89.9 Å². The highest BCUT2D eigenvalue weighted by Gasteiger charge is 2.37. The second-order valence-corrected chi connectivity index (χ2v) is 9.40. The Morgan fingerprint density at radius 2 is 1.87 bits per heavy atom. The van der Waals surface area contributed by atoms with Gasteiger partial charge in [-0.25, -0.2) is 9.37 Å². The van der Waals surface area contributed by atoms with Crippen LogP contribution in [0.25, 0.3) is 10.9 Å². The first-order valence-corrected chi connectivity index (χ1v) is 12.5. The van der Waals surface area contributed by atoms with E-state index >= 15 is 0 Å². The minimum atomic E-state index is -0.732. The number of likely N-dealkylation sites (N-methyl/N-ethyl adjacent to an activating group) is 1. The fraction of sp³-hybridized carbons (Fsp3) is 0.267. The number of hydrogen-bond donors (Lipinski definition) is 0. The van der Waals surface area contributed by atoms with Crippen LogP contribution in [0.2, 0.25) is 0 Å². The van der Waals surface area contributed by atoms with Gasteiger partial charge in [0.2, 0.25) is 0 Å². The summed E-state index contributed by atoms with van der Waals surface area (Å²) in [6, 6.07) is 20.7. The number of carbonyl (C=O) groups is 1. The number of halogens is 1. The molecule has 1 aliphatic rings. The Labute approximate surface area is 225 Å². The fourth-order valence-corrected chi connectivity index (χ4v) is 4.37. The van der Waals surface area contributed by atoms with Crippen molar-refractivity contribution in [2.75, 3.05) is 34.4 Å². The molecule has 0 saturated heterocycles. The summed E-state index contributed by atoms with van der Waals surface area (Å²) in [5.74, 6) is 1.48. The normalized spacial score (nSPS) is 16.3. The van der Waals surface area contributed by atoms with Crippen LogP contribution in [-0.2, 0) is 16.1 Å². The molecule has 2 atom stereocenters. The van der Waals surface area contributed by atoms with Crippen molar-refractivity contribution in [1.82, 2.24) is 9.88 Å². The molecule has 9 heteroatoms. The van der Waals surface area contributed by atoms with Gasteiger partial charge in [-0.15, -0.1) is 0 Å².